The predicted molar refractivity (Wildman–Crippen MR) is 108 cm³/mol. The first kappa shape index (κ1) is 18.0. The van der Waals surface area contributed by atoms with Gasteiger partial charge in [0.25, 0.3) is 0 Å². The van der Waals surface area contributed by atoms with Gasteiger partial charge >= 0.3 is 0 Å². The number of rotatable bonds is 5. The van der Waals surface area contributed by atoms with Gasteiger partial charge in [0.1, 0.15) is 6.54 Å². The summed E-state index contributed by atoms with van der Waals surface area (Å²) >= 11 is 6.10. The molecular formula is C21H23ClN4O. The van der Waals surface area contributed by atoms with E-state index in [2.05, 4.69) is 16.0 Å². The van der Waals surface area contributed by atoms with Crippen molar-refractivity contribution >= 4 is 28.4 Å². The van der Waals surface area contributed by atoms with Gasteiger partial charge in [-0.05, 0) is 35.7 Å². The number of aromatic nitrogens is 2. The number of carbonyl (C=O) groups excluding carboxylic acids is 1. The number of benzene rings is 1. The van der Waals surface area contributed by atoms with Crippen LogP contribution >= 0.6 is 11.6 Å². The Morgan fingerprint density at radius 2 is 1.93 bits per heavy atom. The number of halogens is 1. The number of hydrogen-bond acceptors (Lipinski definition) is 3. The Labute approximate surface area is 164 Å². The van der Waals surface area contributed by atoms with Crippen LogP contribution in [0.2, 0.25) is 5.02 Å². The van der Waals surface area contributed by atoms with Crippen LogP contribution in [0.1, 0.15) is 5.69 Å². The molecule has 140 valence electrons. The summed E-state index contributed by atoms with van der Waals surface area (Å²) in [6.45, 7) is 4.73. The lowest BCUT2D eigenvalue weighted by molar-refractivity contribution is -0.133. The first-order valence-corrected chi connectivity index (χ1v) is 9.71. The summed E-state index contributed by atoms with van der Waals surface area (Å²) in [6.07, 6.45) is 4.75. The maximum absolute atomic E-state index is 12.7. The average Bonchev–Trinajstić information content (AvgIpc) is 3.09. The number of nitrogens with zero attached hydrogens (tertiary/aromatic N) is 4. The van der Waals surface area contributed by atoms with E-state index in [1.807, 2.05) is 58.3 Å². The molecule has 0 radical (unpaired) electrons. The van der Waals surface area contributed by atoms with Gasteiger partial charge in [0.05, 0.1) is 0 Å². The molecule has 0 unspecified atom stereocenters. The van der Waals surface area contributed by atoms with E-state index >= 15 is 0 Å². The Balaban J connectivity index is 1.30. The number of piperazine rings is 1. The summed E-state index contributed by atoms with van der Waals surface area (Å²) in [6, 6.07) is 13.8. The molecule has 0 saturated carbocycles. The van der Waals surface area contributed by atoms with E-state index in [9.17, 15) is 4.79 Å². The fourth-order valence-corrected chi connectivity index (χ4v) is 3.75. The van der Waals surface area contributed by atoms with Crippen molar-refractivity contribution < 1.29 is 4.79 Å². The monoisotopic (exact) mass is 382 g/mol. The lowest BCUT2D eigenvalue weighted by Crippen LogP contribution is -2.49. The highest BCUT2D eigenvalue weighted by Crippen LogP contribution is 2.20. The zero-order valence-corrected chi connectivity index (χ0v) is 16.0. The van der Waals surface area contributed by atoms with Crippen LogP contribution in [0.15, 0.2) is 54.9 Å². The third-order valence-electron chi connectivity index (χ3n) is 5.18. The molecule has 0 N–H and O–H groups in total. The molecule has 6 heteroatoms. The van der Waals surface area contributed by atoms with E-state index in [4.69, 9.17) is 11.6 Å². The van der Waals surface area contributed by atoms with Gasteiger partial charge in [-0.2, -0.15) is 0 Å². The van der Waals surface area contributed by atoms with Crippen LogP contribution in [-0.2, 0) is 17.8 Å². The van der Waals surface area contributed by atoms with Crippen molar-refractivity contribution in [1.82, 2.24) is 19.4 Å². The van der Waals surface area contributed by atoms with E-state index in [0.29, 0.717) is 11.6 Å². The van der Waals surface area contributed by atoms with Crippen molar-refractivity contribution in [3.63, 3.8) is 0 Å². The van der Waals surface area contributed by atoms with Gasteiger partial charge in [-0.25, -0.2) is 0 Å². The molecule has 0 atom stereocenters. The zero-order chi connectivity index (χ0) is 18.6. The molecule has 1 aliphatic rings. The SMILES string of the molecule is O=C(Cn1ccc2ccc(Cl)cc21)N1CCN(CCc2ccccn2)CC1. The summed E-state index contributed by atoms with van der Waals surface area (Å²) in [4.78, 5) is 21.5. The summed E-state index contributed by atoms with van der Waals surface area (Å²) < 4.78 is 1.98. The molecule has 1 aromatic carbocycles. The molecule has 0 spiro atoms. The Hall–Kier alpha value is -2.37. The minimum Gasteiger partial charge on any atom is -0.339 e. The molecule has 1 saturated heterocycles. The van der Waals surface area contributed by atoms with Crippen molar-refractivity contribution in [2.24, 2.45) is 0 Å². The topological polar surface area (TPSA) is 41.4 Å². The molecule has 3 aromatic rings. The number of amides is 1. The van der Waals surface area contributed by atoms with Gasteiger partial charge in [0.15, 0.2) is 0 Å². The van der Waals surface area contributed by atoms with E-state index in [1.54, 1.807) is 0 Å². The minimum absolute atomic E-state index is 0.164. The summed E-state index contributed by atoms with van der Waals surface area (Å²) in [5.74, 6) is 0.164. The molecule has 4 rings (SSSR count). The molecule has 0 aliphatic carbocycles. The zero-order valence-electron chi connectivity index (χ0n) is 15.2. The minimum atomic E-state index is 0.164. The molecule has 1 amide bonds. The highest BCUT2D eigenvalue weighted by atomic mass is 35.5. The fraction of sp³-hybridized carbons (Fsp3) is 0.333. The Morgan fingerprint density at radius 1 is 1.07 bits per heavy atom. The van der Waals surface area contributed by atoms with Crippen LogP contribution in [0.25, 0.3) is 10.9 Å². The average molecular weight is 383 g/mol. The molecule has 2 aromatic heterocycles. The second-order valence-electron chi connectivity index (χ2n) is 6.94. The Kier molecular flexibility index (Phi) is 5.41. The maximum Gasteiger partial charge on any atom is 0.242 e. The third kappa shape index (κ3) is 4.31. The summed E-state index contributed by atoms with van der Waals surface area (Å²) in [7, 11) is 0. The molecule has 3 heterocycles. The molecule has 0 bridgehead atoms. The third-order valence-corrected chi connectivity index (χ3v) is 5.41. The highest BCUT2D eigenvalue weighted by Gasteiger charge is 2.21. The predicted octanol–water partition coefficient (Wildman–Crippen LogP) is 3.08. The van der Waals surface area contributed by atoms with Crippen LogP contribution in [0.3, 0.4) is 0 Å². The number of pyridine rings is 1. The molecule has 1 aliphatic heterocycles. The van der Waals surface area contributed by atoms with Crippen LogP contribution in [0.4, 0.5) is 0 Å². The van der Waals surface area contributed by atoms with E-state index < -0.39 is 0 Å². The largest absolute Gasteiger partial charge is 0.339 e. The van der Waals surface area contributed by atoms with Gasteiger partial charge in [0.2, 0.25) is 5.91 Å². The first-order valence-electron chi connectivity index (χ1n) is 9.33. The van der Waals surface area contributed by atoms with Gasteiger partial charge in [-0.3, -0.25) is 14.7 Å². The molecule has 27 heavy (non-hydrogen) atoms. The van der Waals surface area contributed by atoms with Crippen molar-refractivity contribution in [1.29, 1.82) is 0 Å². The van der Waals surface area contributed by atoms with Crippen LogP contribution in [-0.4, -0.2) is 58.0 Å². The standard InChI is InChI=1S/C21H23ClN4O/c22-18-5-4-17-6-10-26(20(17)15-18)16-21(27)25-13-11-24(12-14-25)9-7-19-3-1-2-8-23-19/h1-6,8,10,15H,7,9,11-14,16H2. The van der Waals surface area contributed by atoms with E-state index in [0.717, 1.165) is 55.7 Å². The van der Waals surface area contributed by atoms with Crippen LogP contribution in [0.5, 0.6) is 0 Å². The van der Waals surface area contributed by atoms with Gasteiger partial charge in [-0.15, -0.1) is 0 Å². The van der Waals surface area contributed by atoms with Gasteiger partial charge < -0.3 is 9.47 Å². The number of hydrogen-bond donors (Lipinski definition) is 0. The smallest absolute Gasteiger partial charge is 0.242 e. The Morgan fingerprint density at radius 3 is 2.70 bits per heavy atom. The lowest BCUT2D eigenvalue weighted by atomic mass is 10.2. The second-order valence-corrected chi connectivity index (χ2v) is 7.38. The fourth-order valence-electron chi connectivity index (χ4n) is 3.58. The van der Waals surface area contributed by atoms with Crippen molar-refractivity contribution in [2.45, 2.75) is 13.0 Å². The highest BCUT2D eigenvalue weighted by molar-refractivity contribution is 6.31. The summed E-state index contributed by atoms with van der Waals surface area (Å²) in [5.41, 5.74) is 2.12. The van der Waals surface area contributed by atoms with Crippen LogP contribution < -0.4 is 0 Å². The second kappa shape index (κ2) is 8.11. The lowest BCUT2D eigenvalue weighted by Gasteiger charge is -2.34. The van der Waals surface area contributed by atoms with E-state index in [-0.39, 0.29) is 5.91 Å². The first-order chi connectivity index (χ1) is 13.2. The van der Waals surface area contributed by atoms with Crippen molar-refractivity contribution in [3.8, 4) is 0 Å². The summed E-state index contributed by atoms with van der Waals surface area (Å²) in [5, 5.41) is 1.79. The van der Waals surface area contributed by atoms with Crippen LogP contribution in [0, 0.1) is 0 Å². The molecule has 5 nitrogen and oxygen atoms in total. The molecule has 1 fully saturated rings. The van der Waals surface area contributed by atoms with Crippen molar-refractivity contribution in [2.75, 3.05) is 32.7 Å². The number of carbonyl (C=O) groups is 1. The Bertz CT molecular complexity index is 916. The van der Waals surface area contributed by atoms with Gasteiger partial charge in [-0.1, -0.05) is 23.7 Å². The maximum atomic E-state index is 12.7. The van der Waals surface area contributed by atoms with Crippen molar-refractivity contribution in [3.05, 3.63) is 65.6 Å². The number of fused-ring (bicyclic) bond motifs is 1. The normalized spacial score (nSPS) is 15.4. The molecular weight excluding hydrogens is 360 g/mol. The van der Waals surface area contributed by atoms with E-state index in [1.165, 1.54) is 0 Å². The van der Waals surface area contributed by atoms with Gasteiger partial charge in [0, 0.05) is 67.8 Å². The quantitative estimate of drug-likeness (QED) is 0.681.